The van der Waals surface area contributed by atoms with Gasteiger partial charge in [-0.2, -0.15) is 0 Å². The van der Waals surface area contributed by atoms with Crippen LogP contribution in [0.15, 0.2) is 0 Å². The van der Waals surface area contributed by atoms with Crippen molar-refractivity contribution in [3.05, 3.63) is 0 Å². The lowest BCUT2D eigenvalue weighted by Crippen LogP contribution is -2.21. The third-order valence-electron chi connectivity index (χ3n) is 1.66. The van der Waals surface area contributed by atoms with Crippen molar-refractivity contribution in [2.24, 2.45) is 5.92 Å². The van der Waals surface area contributed by atoms with E-state index in [1.165, 1.54) is 12.8 Å². The highest BCUT2D eigenvalue weighted by atomic mass is 14.8. The predicted molar refractivity (Wildman–Crippen MR) is 50.4 cm³/mol. The molecule has 0 fully saturated rings. The molecule has 0 bridgehead atoms. The molecule has 0 rings (SSSR count). The molecule has 0 aliphatic carbocycles. The molecule has 1 unspecified atom stereocenters. The Morgan fingerprint density at radius 1 is 1.45 bits per heavy atom. The van der Waals surface area contributed by atoms with Crippen molar-refractivity contribution >= 4 is 0 Å². The molecule has 1 nitrogen and oxygen atoms in total. The predicted octanol–water partition coefficient (Wildman–Crippen LogP) is 2.04. The van der Waals surface area contributed by atoms with Crippen LogP contribution in [0.3, 0.4) is 0 Å². The van der Waals surface area contributed by atoms with Crippen molar-refractivity contribution in [1.82, 2.24) is 5.32 Å². The molecular weight excluding hydrogens is 134 g/mol. The molecule has 0 heterocycles. The fourth-order valence-corrected chi connectivity index (χ4v) is 1.06. The van der Waals surface area contributed by atoms with Gasteiger partial charge in [-0.05, 0) is 25.8 Å². The Balaban J connectivity index is 3.14. The first-order chi connectivity index (χ1) is 5.31. The Kier molecular flexibility index (Phi) is 7.29. The lowest BCUT2D eigenvalue weighted by molar-refractivity contribution is 0.490. The molecule has 1 atom stereocenters. The molecule has 0 radical (unpaired) electrons. The topological polar surface area (TPSA) is 12.0 Å². The third kappa shape index (κ3) is 7.42. The highest BCUT2D eigenvalue weighted by molar-refractivity contribution is 4.96. The number of rotatable bonds is 5. The van der Waals surface area contributed by atoms with Gasteiger partial charge in [-0.3, -0.25) is 0 Å². The van der Waals surface area contributed by atoms with Crippen molar-refractivity contribution in [2.45, 2.75) is 33.6 Å². The van der Waals surface area contributed by atoms with Gasteiger partial charge in [0.25, 0.3) is 0 Å². The van der Waals surface area contributed by atoms with Crippen LogP contribution in [0, 0.1) is 17.8 Å². The van der Waals surface area contributed by atoms with Crippen LogP contribution < -0.4 is 5.32 Å². The SMILES string of the molecule is CC#CCNCC(C)CCC. The second-order valence-corrected chi connectivity index (χ2v) is 2.95. The van der Waals surface area contributed by atoms with E-state index in [4.69, 9.17) is 0 Å². The maximum Gasteiger partial charge on any atom is 0.0576 e. The van der Waals surface area contributed by atoms with Crippen molar-refractivity contribution in [1.29, 1.82) is 0 Å². The van der Waals surface area contributed by atoms with E-state index < -0.39 is 0 Å². The summed E-state index contributed by atoms with van der Waals surface area (Å²) in [6.07, 6.45) is 2.59. The van der Waals surface area contributed by atoms with Gasteiger partial charge in [-0.1, -0.05) is 26.2 Å². The molecule has 0 aliphatic heterocycles. The molecule has 0 aliphatic rings. The smallest absolute Gasteiger partial charge is 0.0576 e. The van der Waals surface area contributed by atoms with Crippen LogP contribution >= 0.6 is 0 Å². The summed E-state index contributed by atoms with van der Waals surface area (Å²) in [6.45, 7) is 8.31. The zero-order valence-electron chi connectivity index (χ0n) is 7.91. The summed E-state index contributed by atoms with van der Waals surface area (Å²) in [5, 5.41) is 3.30. The molecule has 64 valence electrons. The molecule has 0 aromatic heterocycles. The van der Waals surface area contributed by atoms with Crippen molar-refractivity contribution < 1.29 is 0 Å². The number of hydrogen-bond donors (Lipinski definition) is 1. The summed E-state index contributed by atoms with van der Waals surface area (Å²) in [6, 6.07) is 0. The van der Waals surface area contributed by atoms with Gasteiger partial charge < -0.3 is 5.32 Å². The van der Waals surface area contributed by atoms with Crippen molar-refractivity contribution in [3.63, 3.8) is 0 Å². The molecule has 11 heavy (non-hydrogen) atoms. The van der Waals surface area contributed by atoms with Gasteiger partial charge in [0.1, 0.15) is 0 Å². The van der Waals surface area contributed by atoms with Crippen LogP contribution in [-0.4, -0.2) is 13.1 Å². The molecule has 0 saturated carbocycles. The summed E-state index contributed by atoms with van der Waals surface area (Å²) < 4.78 is 0. The van der Waals surface area contributed by atoms with E-state index in [1.54, 1.807) is 0 Å². The minimum absolute atomic E-state index is 0.790. The largest absolute Gasteiger partial charge is 0.306 e. The van der Waals surface area contributed by atoms with Gasteiger partial charge in [0.2, 0.25) is 0 Å². The Morgan fingerprint density at radius 3 is 2.73 bits per heavy atom. The minimum atomic E-state index is 0.790. The highest BCUT2D eigenvalue weighted by Crippen LogP contribution is 2.01. The zero-order valence-corrected chi connectivity index (χ0v) is 7.91. The minimum Gasteiger partial charge on any atom is -0.306 e. The van der Waals surface area contributed by atoms with Crippen molar-refractivity contribution in [3.8, 4) is 11.8 Å². The lowest BCUT2D eigenvalue weighted by Gasteiger charge is -2.08. The first-order valence-corrected chi connectivity index (χ1v) is 4.41. The molecule has 0 aromatic rings. The molecular formula is C10H19N. The number of hydrogen-bond acceptors (Lipinski definition) is 1. The second-order valence-electron chi connectivity index (χ2n) is 2.95. The van der Waals surface area contributed by atoms with Gasteiger partial charge >= 0.3 is 0 Å². The second kappa shape index (κ2) is 7.63. The van der Waals surface area contributed by atoms with Crippen LogP contribution in [0.1, 0.15) is 33.6 Å². The Hall–Kier alpha value is -0.480. The molecule has 0 saturated heterocycles. The average Bonchev–Trinajstić information content (AvgIpc) is 1.99. The Morgan fingerprint density at radius 2 is 2.18 bits per heavy atom. The van der Waals surface area contributed by atoms with Crippen LogP contribution in [0.4, 0.5) is 0 Å². The fraction of sp³-hybridized carbons (Fsp3) is 0.800. The molecule has 0 spiro atoms. The van der Waals surface area contributed by atoms with E-state index in [0.717, 1.165) is 19.0 Å². The van der Waals surface area contributed by atoms with Crippen LogP contribution in [-0.2, 0) is 0 Å². The lowest BCUT2D eigenvalue weighted by atomic mass is 10.1. The first kappa shape index (κ1) is 10.5. The van der Waals surface area contributed by atoms with Crippen LogP contribution in [0.25, 0.3) is 0 Å². The van der Waals surface area contributed by atoms with E-state index in [2.05, 4.69) is 31.0 Å². The third-order valence-corrected chi connectivity index (χ3v) is 1.66. The maximum atomic E-state index is 3.30. The van der Waals surface area contributed by atoms with Crippen LogP contribution in [0.5, 0.6) is 0 Å². The van der Waals surface area contributed by atoms with E-state index in [-0.39, 0.29) is 0 Å². The van der Waals surface area contributed by atoms with Gasteiger partial charge in [0.05, 0.1) is 6.54 Å². The fourth-order valence-electron chi connectivity index (χ4n) is 1.06. The van der Waals surface area contributed by atoms with Gasteiger partial charge in [-0.15, -0.1) is 5.92 Å². The van der Waals surface area contributed by atoms with Gasteiger partial charge in [-0.25, -0.2) is 0 Å². The first-order valence-electron chi connectivity index (χ1n) is 4.41. The maximum absolute atomic E-state index is 3.30. The van der Waals surface area contributed by atoms with E-state index in [9.17, 15) is 0 Å². The van der Waals surface area contributed by atoms with E-state index in [1.807, 2.05) is 6.92 Å². The Labute approximate surface area is 70.6 Å². The normalized spacial score (nSPS) is 11.9. The van der Waals surface area contributed by atoms with E-state index in [0.29, 0.717) is 0 Å². The summed E-state index contributed by atoms with van der Waals surface area (Å²) >= 11 is 0. The summed E-state index contributed by atoms with van der Waals surface area (Å²) in [4.78, 5) is 0. The standard InChI is InChI=1S/C10H19N/c1-4-6-8-11-9-10(3)7-5-2/h10-11H,5,7-9H2,1-3H3. The molecule has 1 N–H and O–H groups in total. The van der Waals surface area contributed by atoms with Gasteiger partial charge in [0, 0.05) is 0 Å². The Bertz CT molecular complexity index is 130. The quantitative estimate of drug-likeness (QED) is 0.471. The summed E-state index contributed by atoms with van der Waals surface area (Å²) in [5.74, 6) is 6.64. The summed E-state index contributed by atoms with van der Waals surface area (Å²) in [5.41, 5.74) is 0. The molecule has 0 amide bonds. The van der Waals surface area contributed by atoms with Gasteiger partial charge in [0.15, 0.2) is 0 Å². The number of nitrogens with one attached hydrogen (secondary N) is 1. The summed E-state index contributed by atoms with van der Waals surface area (Å²) in [7, 11) is 0. The molecule has 1 heteroatoms. The van der Waals surface area contributed by atoms with Crippen LogP contribution in [0.2, 0.25) is 0 Å². The van der Waals surface area contributed by atoms with Crippen molar-refractivity contribution in [2.75, 3.05) is 13.1 Å². The van der Waals surface area contributed by atoms with E-state index >= 15 is 0 Å². The zero-order chi connectivity index (χ0) is 8.53. The molecule has 0 aromatic carbocycles. The highest BCUT2D eigenvalue weighted by Gasteiger charge is 1.97. The monoisotopic (exact) mass is 153 g/mol. The average molecular weight is 153 g/mol.